The van der Waals surface area contributed by atoms with Crippen molar-refractivity contribution in [3.63, 3.8) is 0 Å². The maximum atomic E-state index is 13.9. The first-order valence-corrected chi connectivity index (χ1v) is 12.1. The molecule has 0 atom stereocenters. The third-order valence-electron chi connectivity index (χ3n) is 6.05. The molecule has 3 aromatic rings. The Balaban J connectivity index is 1.67. The second-order valence-electron chi connectivity index (χ2n) is 8.99. The van der Waals surface area contributed by atoms with Crippen molar-refractivity contribution in [2.75, 3.05) is 61.2 Å². The van der Waals surface area contributed by atoms with Gasteiger partial charge in [0.05, 0.1) is 18.5 Å². The van der Waals surface area contributed by atoms with Crippen LogP contribution in [0.5, 0.6) is 5.88 Å². The summed E-state index contributed by atoms with van der Waals surface area (Å²) in [5.74, 6) is -0.0726. The number of nitrogens with one attached hydrogen (secondary N) is 3. The molecule has 10 nitrogen and oxygen atoms in total. The molecule has 0 saturated carbocycles. The van der Waals surface area contributed by atoms with E-state index in [0.717, 1.165) is 37.8 Å². The molecule has 1 aliphatic heterocycles. The highest BCUT2D eigenvalue weighted by Gasteiger charge is 2.35. The van der Waals surface area contributed by atoms with Crippen molar-refractivity contribution >= 4 is 40.6 Å². The smallest absolute Gasteiger partial charge is 0.421 e. The first-order chi connectivity index (χ1) is 18.5. The first-order valence-electron chi connectivity index (χ1n) is 12.1. The number of hydrogen-bond acceptors (Lipinski definition) is 9. The summed E-state index contributed by atoms with van der Waals surface area (Å²) in [5.41, 5.74) is 0.713. The van der Waals surface area contributed by atoms with E-state index < -0.39 is 23.5 Å². The van der Waals surface area contributed by atoms with Crippen molar-refractivity contribution in [3.05, 3.63) is 60.3 Å². The van der Waals surface area contributed by atoms with Crippen molar-refractivity contribution in [3.8, 4) is 5.88 Å². The number of benzene rings is 1. The van der Waals surface area contributed by atoms with Crippen molar-refractivity contribution in [2.24, 2.45) is 0 Å². The molecule has 0 spiro atoms. The Labute approximate surface area is 223 Å². The molecular weight excluding hydrogens is 513 g/mol. The molecule has 1 fully saturated rings. The average Bonchev–Trinajstić information content (AvgIpc) is 2.89. The Kier molecular flexibility index (Phi) is 8.19. The van der Waals surface area contributed by atoms with E-state index in [1.165, 1.54) is 7.11 Å². The normalized spacial score (nSPS) is 14.1. The van der Waals surface area contributed by atoms with Gasteiger partial charge < -0.3 is 30.5 Å². The summed E-state index contributed by atoms with van der Waals surface area (Å²) in [6.07, 6.45) is -2.96. The van der Waals surface area contributed by atoms with Gasteiger partial charge in [0.25, 0.3) is 0 Å². The van der Waals surface area contributed by atoms with Crippen molar-refractivity contribution < 1.29 is 22.7 Å². The molecule has 39 heavy (non-hydrogen) atoms. The third kappa shape index (κ3) is 6.93. The summed E-state index contributed by atoms with van der Waals surface area (Å²) < 4.78 is 46.9. The van der Waals surface area contributed by atoms with E-state index in [-0.39, 0.29) is 17.3 Å². The number of nitrogens with zero attached hydrogens (tertiary/aromatic N) is 5. The van der Waals surface area contributed by atoms with E-state index in [2.05, 4.69) is 47.3 Å². The number of alkyl halides is 3. The standard InChI is InChI=1S/C26H29F3N8O2/c1-5-22(38)32-20-12-16(2)6-7-19(20)33-24-18(26(27,28)29)15-30-25(35-24)31-17-13-21(34-23(14-17)39-4)37-10-8-36(3)9-11-37/h5-7,12-15H,1,8-11H2,2-4H3,(H,32,38)(H2,30,31,33,34,35). The number of aromatic nitrogens is 3. The zero-order valence-electron chi connectivity index (χ0n) is 21.8. The van der Waals surface area contributed by atoms with Crippen LogP contribution in [0.4, 0.5) is 47.8 Å². The van der Waals surface area contributed by atoms with Crippen LogP contribution in [0, 0.1) is 6.92 Å². The molecule has 4 rings (SSSR count). The van der Waals surface area contributed by atoms with Crippen LogP contribution in [0.15, 0.2) is 49.2 Å². The van der Waals surface area contributed by atoms with Gasteiger partial charge in [0.1, 0.15) is 17.2 Å². The quantitative estimate of drug-likeness (QED) is 0.353. The van der Waals surface area contributed by atoms with Gasteiger partial charge in [0, 0.05) is 50.2 Å². The van der Waals surface area contributed by atoms with Crippen molar-refractivity contribution in [1.29, 1.82) is 0 Å². The summed E-state index contributed by atoms with van der Waals surface area (Å²) in [7, 11) is 3.53. The lowest BCUT2D eigenvalue weighted by Gasteiger charge is -2.33. The number of hydrogen-bond donors (Lipinski definition) is 3. The highest BCUT2D eigenvalue weighted by molar-refractivity contribution is 6.01. The van der Waals surface area contributed by atoms with Crippen LogP contribution < -0.4 is 25.6 Å². The van der Waals surface area contributed by atoms with E-state index in [0.29, 0.717) is 23.6 Å². The van der Waals surface area contributed by atoms with Gasteiger partial charge in [-0.05, 0) is 37.7 Å². The summed E-state index contributed by atoms with van der Waals surface area (Å²) >= 11 is 0. The van der Waals surface area contributed by atoms with Gasteiger partial charge >= 0.3 is 6.18 Å². The van der Waals surface area contributed by atoms with E-state index in [1.807, 2.05) is 7.05 Å². The predicted molar refractivity (Wildman–Crippen MR) is 144 cm³/mol. The Morgan fingerprint density at radius 1 is 1.08 bits per heavy atom. The van der Waals surface area contributed by atoms with Crippen LogP contribution >= 0.6 is 0 Å². The molecule has 206 valence electrons. The maximum Gasteiger partial charge on any atom is 0.421 e. The van der Waals surface area contributed by atoms with E-state index in [1.54, 1.807) is 37.3 Å². The molecular formula is C26H29F3N8O2. The monoisotopic (exact) mass is 542 g/mol. The van der Waals surface area contributed by atoms with Gasteiger partial charge in [-0.15, -0.1) is 0 Å². The number of rotatable bonds is 8. The number of amides is 1. The molecule has 1 saturated heterocycles. The largest absolute Gasteiger partial charge is 0.481 e. The number of anilines is 6. The molecule has 13 heteroatoms. The van der Waals surface area contributed by atoms with E-state index in [4.69, 9.17) is 4.74 Å². The number of ether oxygens (including phenoxy) is 1. The topological polar surface area (TPSA) is 108 Å². The number of pyridine rings is 1. The lowest BCUT2D eigenvalue weighted by atomic mass is 10.1. The number of methoxy groups -OCH3 is 1. The second kappa shape index (κ2) is 11.6. The van der Waals surface area contributed by atoms with E-state index >= 15 is 0 Å². The van der Waals surface area contributed by atoms with Crippen LogP contribution in [0.25, 0.3) is 0 Å². The highest BCUT2D eigenvalue weighted by atomic mass is 19.4. The molecule has 1 aromatic carbocycles. The molecule has 1 amide bonds. The lowest BCUT2D eigenvalue weighted by Crippen LogP contribution is -2.44. The number of carbonyl (C=O) groups is 1. The number of piperazine rings is 1. The number of aryl methyl sites for hydroxylation is 1. The summed E-state index contributed by atoms with van der Waals surface area (Å²) in [6.45, 7) is 8.47. The van der Waals surface area contributed by atoms with Crippen molar-refractivity contribution in [1.82, 2.24) is 19.9 Å². The first kappa shape index (κ1) is 27.6. The molecule has 0 bridgehead atoms. The zero-order chi connectivity index (χ0) is 28.2. The van der Waals surface area contributed by atoms with Gasteiger partial charge in [0.2, 0.25) is 17.7 Å². The average molecular weight is 543 g/mol. The molecule has 0 unspecified atom stereocenters. The minimum absolute atomic E-state index is 0.0770. The van der Waals surface area contributed by atoms with Gasteiger partial charge in [-0.3, -0.25) is 4.79 Å². The molecule has 3 heterocycles. The van der Waals surface area contributed by atoms with Crippen LogP contribution in [0.3, 0.4) is 0 Å². The summed E-state index contributed by atoms with van der Waals surface area (Å²) in [6, 6.07) is 8.25. The summed E-state index contributed by atoms with van der Waals surface area (Å²) in [5, 5.41) is 8.28. The van der Waals surface area contributed by atoms with Gasteiger partial charge in [-0.2, -0.15) is 23.1 Å². The lowest BCUT2D eigenvalue weighted by molar-refractivity contribution is -0.137. The van der Waals surface area contributed by atoms with Crippen LogP contribution in [-0.2, 0) is 11.0 Å². The van der Waals surface area contributed by atoms with E-state index in [9.17, 15) is 18.0 Å². The number of halogens is 3. The molecule has 0 radical (unpaired) electrons. The Morgan fingerprint density at radius 3 is 2.49 bits per heavy atom. The Morgan fingerprint density at radius 2 is 1.82 bits per heavy atom. The molecule has 0 aliphatic carbocycles. The predicted octanol–water partition coefficient (Wildman–Crippen LogP) is 4.57. The Bertz CT molecular complexity index is 1360. The summed E-state index contributed by atoms with van der Waals surface area (Å²) in [4.78, 5) is 28.8. The fourth-order valence-corrected chi connectivity index (χ4v) is 3.92. The third-order valence-corrected chi connectivity index (χ3v) is 6.05. The molecule has 2 aromatic heterocycles. The highest BCUT2D eigenvalue weighted by Crippen LogP contribution is 2.37. The van der Waals surface area contributed by atoms with Crippen molar-refractivity contribution in [2.45, 2.75) is 13.1 Å². The minimum Gasteiger partial charge on any atom is -0.481 e. The van der Waals surface area contributed by atoms with Crippen LogP contribution in [0.2, 0.25) is 0 Å². The molecule has 3 N–H and O–H groups in total. The fraction of sp³-hybridized carbons (Fsp3) is 0.308. The second-order valence-corrected chi connectivity index (χ2v) is 8.99. The number of carbonyl (C=O) groups excluding carboxylic acids is 1. The van der Waals surface area contributed by atoms with Crippen LogP contribution in [-0.4, -0.2) is 66.1 Å². The van der Waals surface area contributed by atoms with Gasteiger partial charge in [0.15, 0.2) is 0 Å². The minimum atomic E-state index is -4.73. The zero-order valence-corrected chi connectivity index (χ0v) is 21.8. The Hall–Kier alpha value is -4.39. The fourth-order valence-electron chi connectivity index (χ4n) is 3.92. The van der Waals surface area contributed by atoms with Gasteiger partial charge in [-0.25, -0.2) is 4.98 Å². The van der Waals surface area contributed by atoms with Gasteiger partial charge in [-0.1, -0.05) is 12.6 Å². The maximum absolute atomic E-state index is 13.9. The van der Waals surface area contributed by atoms with Crippen LogP contribution in [0.1, 0.15) is 11.1 Å². The molecule has 1 aliphatic rings. The SMILES string of the molecule is C=CC(=O)Nc1cc(C)ccc1Nc1nc(Nc2cc(OC)nc(N3CCN(C)CC3)c2)ncc1C(F)(F)F. The number of likely N-dealkylation sites (N-methyl/N-ethyl adjacent to an activating group) is 1.